The van der Waals surface area contributed by atoms with Gasteiger partial charge in [-0.2, -0.15) is 0 Å². The molecule has 0 atom stereocenters. The van der Waals surface area contributed by atoms with E-state index in [1.807, 2.05) is 19.1 Å². The number of hydrogen-bond acceptors (Lipinski definition) is 7. The van der Waals surface area contributed by atoms with Crippen LogP contribution in [0.1, 0.15) is 33.7 Å². The summed E-state index contributed by atoms with van der Waals surface area (Å²) in [6.45, 7) is 4.10. The van der Waals surface area contributed by atoms with Crippen LogP contribution in [0, 0.1) is 6.92 Å². The van der Waals surface area contributed by atoms with Gasteiger partial charge in [-0.15, -0.1) is 22.7 Å². The molecule has 3 rings (SSSR count). The minimum absolute atomic E-state index is 0.0739. The van der Waals surface area contributed by atoms with Gasteiger partial charge in [-0.3, -0.25) is 14.4 Å². The van der Waals surface area contributed by atoms with Crippen molar-refractivity contribution in [3.8, 4) is 10.6 Å². The number of nitrogens with one attached hydrogen (secondary N) is 3. The Balaban J connectivity index is 1.52. The lowest BCUT2D eigenvalue weighted by atomic mass is 10.3. The molecule has 0 aliphatic heterocycles. The van der Waals surface area contributed by atoms with Gasteiger partial charge in [0.05, 0.1) is 23.4 Å². The first-order chi connectivity index (χ1) is 13.9. The molecule has 0 unspecified atom stereocenters. The van der Waals surface area contributed by atoms with Gasteiger partial charge in [-0.05, 0) is 31.2 Å². The maximum absolute atomic E-state index is 12.1. The van der Waals surface area contributed by atoms with Gasteiger partial charge >= 0.3 is 0 Å². The van der Waals surface area contributed by atoms with Crippen LogP contribution in [0.5, 0.6) is 0 Å². The van der Waals surface area contributed by atoms with Crippen molar-refractivity contribution in [1.82, 2.24) is 15.6 Å². The van der Waals surface area contributed by atoms with Gasteiger partial charge in [0, 0.05) is 29.6 Å². The Bertz CT molecular complexity index is 1010. The fourth-order valence-electron chi connectivity index (χ4n) is 2.46. The molecule has 0 saturated heterocycles. The number of thiazole rings is 1. The molecule has 8 nitrogen and oxygen atoms in total. The normalized spacial score (nSPS) is 10.6. The minimum Gasteiger partial charge on any atom is -0.459 e. The Morgan fingerprint density at radius 2 is 1.97 bits per heavy atom. The predicted molar refractivity (Wildman–Crippen MR) is 112 cm³/mol. The highest BCUT2D eigenvalue weighted by molar-refractivity contribution is 7.18. The fraction of sp³-hybridized carbons (Fsp3) is 0.263. The summed E-state index contributed by atoms with van der Waals surface area (Å²) in [5.41, 5.74) is 0.815. The zero-order valence-corrected chi connectivity index (χ0v) is 17.5. The van der Waals surface area contributed by atoms with Crippen LogP contribution in [0.4, 0.5) is 5.13 Å². The summed E-state index contributed by atoms with van der Waals surface area (Å²) in [6, 6.07) is 7.09. The molecule has 0 saturated carbocycles. The number of aryl methyl sites for hydroxylation is 1. The van der Waals surface area contributed by atoms with Gasteiger partial charge < -0.3 is 20.4 Å². The number of furan rings is 1. The molecule has 0 radical (unpaired) electrons. The Labute approximate surface area is 175 Å². The van der Waals surface area contributed by atoms with Crippen molar-refractivity contribution in [2.24, 2.45) is 0 Å². The zero-order chi connectivity index (χ0) is 20.8. The SMILES string of the molecule is CC(=O)NCc1ccc(-c2nc(NC(=O)CCNC(=O)c3ccco3)sc2C)s1. The zero-order valence-electron chi connectivity index (χ0n) is 15.9. The first kappa shape index (κ1) is 20.7. The number of thiophene rings is 1. The predicted octanol–water partition coefficient (Wildman–Crippen LogP) is 3.17. The number of anilines is 1. The molecular formula is C19H20N4O4S2. The highest BCUT2D eigenvalue weighted by Crippen LogP contribution is 2.34. The lowest BCUT2D eigenvalue weighted by molar-refractivity contribution is -0.119. The first-order valence-corrected chi connectivity index (χ1v) is 10.5. The molecule has 10 heteroatoms. The molecular weight excluding hydrogens is 412 g/mol. The van der Waals surface area contributed by atoms with Gasteiger partial charge in [0.25, 0.3) is 5.91 Å². The van der Waals surface area contributed by atoms with Crippen molar-refractivity contribution in [3.63, 3.8) is 0 Å². The molecule has 0 fully saturated rings. The molecule has 3 aromatic rings. The van der Waals surface area contributed by atoms with Crippen molar-refractivity contribution in [2.45, 2.75) is 26.8 Å². The second-order valence-electron chi connectivity index (χ2n) is 6.13. The third kappa shape index (κ3) is 5.75. The number of rotatable bonds is 8. The molecule has 3 amide bonds. The summed E-state index contributed by atoms with van der Waals surface area (Å²) in [7, 11) is 0. The number of hydrogen-bond donors (Lipinski definition) is 3. The van der Waals surface area contributed by atoms with Crippen LogP contribution in [-0.4, -0.2) is 29.3 Å². The van der Waals surface area contributed by atoms with Crippen LogP contribution < -0.4 is 16.0 Å². The smallest absolute Gasteiger partial charge is 0.286 e. The summed E-state index contributed by atoms with van der Waals surface area (Å²) in [5, 5.41) is 8.68. The van der Waals surface area contributed by atoms with E-state index in [1.165, 1.54) is 24.5 Å². The second kappa shape index (κ2) is 9.48. The standard InChI is InChI=1S/C19H20N4O4S2/c1-11-17(15-6-5-13(29-15)10-21-12(2)24)23-19(28-11)22-16(25)7-8-20-18(26)14-4-3-9-27-14/h3-6,9H,7-8,10H2,1-2H3,(H,20,26)(H,21,24)(H,22,23,25). The van der Waals surface area contributed by atoms with Crippen LogP contribution in [0.15, 0.2) is 34.9 Å². The van der Waals surface area contributed by atoms with E-state index in [2.05, 4.69) is 20.9 Å². The highest BCUT2D eigenvalue weighted by atomic mass is 32.1. The number of carbonyl (C=O) groups is 3. The van der Waals surface area contributed by atoms with Gasteiger partial charge in [-0.1, -0.05) is 0 Å². The average Bonchev–Trinajstić information content (AvgIpc) is 3.41. The summed E-state index contributed by atoms with van der Waals surface area (Å²) in [5.74, 6) is -0.458. The molecule has 0 bridgehead atoms. The number of aromatic nitrogens is 1. The summed E-state index contributed by atoms with van der Waals surface area (Å²) < 4.78 is 4.99. The van der Waals surface area contributed by atoms with Gasteiger partial charge in [0.1, 0.15) is 0 Å². The maximum Gasteiger partial charge on any atom is 0.286 e. The molecule has 0 aliphatic carbocycles. The molecule has 0 spiro atoms. The van der Waals surface area contributed by atoms with E-state index in [-0.39, 0.29) is 36.4 Å². The third-order valence-corrected chi connectivity index (χ3v) is 5.81. The molecule has 0 aliphatic rings. The Kier molecular flexibility index (Phi) is 6.78. The quantitative estimate of drug-likeness (QED) is 0.506. The summed E-state index contributed by atoms with van der Waals surface area (Å²) in [4.78, 5) is 42.5. The minimum atomic E-state index is -0.358. The first-order valence-electron chi connectivity index (χ1n) is 8.85. The second-order valence-corrected chi connectivity index (χ2v) is 8.50. The van der Waals surface area contributed by atoms with Crippen molar-refractivity contribution >= 4 is 45.5 Å². The fourth-order valence-corrected chi connectivity index (χ4v) is 4.36. The molecule has 3 heterocycles. The van der Waals surface area contributed by atoms with Crippen LogP contribution in [-0.2, 0) is 16.1 Å². The highest BCUT2D eigenvalue weighted by Gasteiger charge is 2.15. The van der Waals surface area contributed by atoms with Crippen molar-refractivity contribution in [1.29, 1.82) is 0 Å². The van der Waals surface area contributed by atoms with Gasteiger partial charge in [0.15, 0.2) is 10.9 Å². The van der Waals surface area contributed by atoms with E-state index in [4.69, 9.17) is 4.42 Å². The number of amides is 3. The number of nitrogens with zero attached hydrogens (tertiary/aromatic N) is 1. The van der Waals surface area contributed by atoms with E-state index in [9.17, 15) is 14.4 Å². The van der Waals surface area contributed by atoms with E-state index in [0.29, 0.717) is 11.7 Å². The Hall–Kier alpha value is -2.98. The van der Waals surface area contributed by atoms with Crippen LogP contribution in [0.2, 0.25) is 0 Å². The monoisotopic (exact) mass is 432 g/mol. The maximum atomic E-state index is 12.1. The lowest BCUT2D eigenvalue weighted by Gasteiger charge is -2.03. The van der Waals surface area contributed by atoms with Crippen molar-refractivity contribution in [3.05, 3.63) is 46.0 Å². The molecule has 3 aromatic heterocycles. The van der Waals surface area contributed by atoms with Crippen molar-refractivity contribution in [2.75, 3.05) is 11.9 Å². The third-order valence-electron chi connectivity index (χ3n) is 3.83. The molecule has 152 valence electrons. The summed E-state index contributed by atoms with van der Waals surface area (Å²) >= 11 is 2.94. The molecule has 29 heavy (non-hydrogen) atoms. The van der Waals surface area contributed by atoms with E-state index in [1.54, 1.807) is 23.5 Å². The average molecular weight is 433 g/mol. The molecule has 3 N–H and O–H groups in total. The van der Waals surface area contributed by atoms with Crippen LogP contribution in [0.25, 0.3) is 10.6 Å². The Morgan fingerprint density at radius 1 is 1.14 bits per heavy atom. The van der Waals surface area contributed by atoms with Crippen LogP contribution in [0.3, 0.4) is 0 Å². The van der Waals surface area contributed by atoms with Crippen molar-refractivity contribution < 1.29 is 18.8 Å². The van der Waals surface area contributed by atoms with Crippen LogP contribution >= 0.6 is 22.7 Å². The summed E-state index contributed by atoms with van der Waals surface area (Å²) in [6.07, 6.45) is 1.54. The molecule has 0 aromatic carbocycles. The van der Waals surface area contributed by atoms with E-state index in [0.717, 1.165) is 20.3 Å². The Morgan fingerprint density at radius 3 is 2.69 bits per heavy atom. The lowest BCUT2D eigenvalue weighted by Crippen LogP contribution is -2.27. The van der Waals surface area contributed by atoms with Gasteiger partial charge in [0.2, 0.25) is 11.8 Å². The largest absolute Gasteiger partial charge is 0.459 e. The van der Waals surface area contributed by atoms with E-state index < -0.39 is 0 Å². The van der Waals surface area contributed by atoms with Gasteiger partial charge in [-0.25, -0.2) is 4.98 Å². The number of carbonyl (C=O) groups excluding carboxylic acids is 3. The van der Waals surface area contributed by atoms with E-state index >= 15 is 0 Å². The topological polar surface area (TPSA) is 113 Å².